The van der Waals surface area contributed by atoms with Crippen LogP contribution in [0.5, 0.6) is 0 Å². The van der Waals surface area contributed by atoms with Crippen LogP contribution < -0.4 is 5.69 Å². The first-order valence-corrected chi connectivity index (χ1v) is 10.8. The first kappa shape index (κ1) is 16.6. The minimum atomic E-state index is 0.0426. The highest BCUT2D eigenvalue weighted by Crippen LogP contribution is 2.48. The number of likely N-dealkylation sites (tertiary alicyclic amines) is 1. The molecule has 0 saturated carbocycles. The van der Waals surface area contributed by atoms with Crippen molar-refractivity contribution in [1.82, 2.24) is 14.5 Å². The van der Waals surface area contributed by atoms with E-state index in [1.807, 2.05) is 22.8 Å². The maximum Gasteiger partial charge on any atom is 0.326 e. The summed E-state index contributed by atoms with van der Waals surface area (Å²) >= 11 is 0. The number of para-hydroxylation sites is 2. The fraction of sp³-hybridized carbons (Fsp3) is 0.458. The molecular formula is C24H27N3O. The Bertz CT molecular complexity index is 1090. The molecule has 0 spiro atoms. The molecule has 3 aromatic rings. The van der Waals surface area contributed by atoms with Gasteiger partial charge in [0.25, 0.3) is 0 Å². The van der Waals surface area contributed by atoms with Crippen LogP contribution in [0.3, 0.4) is 0 Å². The third-order valence-corrected chi connectivity index (χ3v) is 7.48. The molecule has 2 aliphatic carbocycles. The first-order valence-electron chi connectivity index (χ1n) is 10.8. The Hall–Kier alpha value is -2.33. The van der Waals surface area contributed by atoms with Gasteiger partial charge in [-0.25, -0.2) is 4.79 Å². The van der Waals surface area contributed by atoms with Crippen LogP contribution in [0.15, 0.2) is 47.3 Å². The molecule has 2 heterocycles. The molecule has 1 saturated heterocycles. The summed E-state index contributed by atoms with van der Waals surface area (Å²) in [5.41, 5.74) is 6.94. The summed E-state index contributed by atoms with van der Waals surface area (Å²) in [6.45, 7) is 2.16. The van der Waals surface area contributed by atoms with Gasteiger partial charge < -0.3 is 4.98 Å². The smallest absolute Gasteiger partial charge is 0.306 e. The highest BCUT2D eigenvalue weighted by molar-refractivity contribution is 5.75. The van der Waals surface area contributed by atoms with Crippen molar-refractivity contribution < 1.29 is 0 Å². The minimum absolute atomic E-state index is 0.0426. The van der Waals surface area contributed by atoms with Gasteiger partial charge in [-0.1, -0.05) is 30.3 Å². The standard InChI is InChI=1S/C24H27N3O/c28-24-25-20-6-1-2-7-22(20)27(24)18-12-14-26(15-13-18)21-11-10-17-9-8-16-4-3-5-19(21)23(16)17/h1-7,17-18,21H,8-15H2,(H,25,28). The predicted octanol–water partition coefficient (Wildman–Crippen LogP) is 4.53. The SMILES string of the molecule is O=c1[nH]c2ccccc2n1C1CCN(C2CCC3CCc4cccc2c43)CC1. The first-order chi connectivity index (χ1) is 13.8. The van der Waals surface area contributed by atoms with Crippen molar-refractivity contribution in [3.8, 4) is 0 Å². The molecule has 0 amide bonds. The molecule has 28 heavy (non-hydrogen) atoms. The molecule has 4 nitrogen and oxygen atoms in total. The van der Waals surface area contributed by atoms with Crippen LogP contribution in [0.2, 0.25) is 0 Å². The van der Waals surface area contributed by atoms with Gasteiger partial charge in [-0.2, -0.15) is 0 Å². The molecule has 1 aromatic heterocycles. The number of rotatable bonds is 2. The van der Waals surface area contributed by atoms with E-state index in [0.29, 0.717) is 12.1 Å². The molecule has 1 aliphatic heterocycles. The summed E-state index contributed by atoms with van der Waals surface area (Å²) in [6, 6.07) is 15.9. The number of aromatic nitrogens is 2. The number of imidazole rings is 1. The maximum absolute atomic E-state index is 12.6. The summed E-state index contributed by atoms with van der Waals surface area (Å²) in [6.07, 6.45) is 7.36. The monoisotopic (exact) mass is 373 g/mol. The van der Waals surface area contributed by atoms with Gasteiger partial charge in [0, 0.05) is 25.2 Å². The number of nitrogens with one attached hydrogen (secondary N) is 1. The van der Waals surface area contributed by atoms with Gasteiger partial charge in [0.15, 0.2) is 0 Å². The minimum Gasteiger partial charge on any atom is -0.306 e. The van der Waals surface area contributed by atoms with Crippen LogP contribution in [0.25, 0.3) is 11.0 Å². The number of fused-ring (bicyclic) bond motifs is 1. The predicted molar refractivity (Wildman–Crippen MR) is 112 cm³/mol. The highest BCUT2D eigenvalue weighted by atomic mass is 16.1. The summed E-state index contributed by atoms with van der Waals surface area (Å²) in [4.78, 5) is 18.3. The van der Waals surface area contributed by atoms with E-state index in [0.717, 1.165) is 42.9 Å². The molecule has 144 valence electrons. The van der Waals surface area contributed by atoms with E-state index in [-0.39, 0.29) is 5.69 Å². The molecule has 0 bridgehead atoms. The average molecular weight is 374 g/mol. The van der Waals surface area contributed by atoms with Crippen molar-refractivity contribution in [2.24, 2.45) is 0 Å². The van der Waals surface area contributed by atoms with Gasteiger partial charge in [0.1, 0.15) is 0 Å². The number of piperidine rings is 1. The normalized spacial score (nSPS) is 25.3. The summed E-state index contributed by atoms with van der Waals surface area (Å²) < 4.78 is 2.00. The lowest BCUT2D eigenvalue weighted by Gasteiger charge is -2.41. The van der Waals surface area contributed by atoms with Crippen LogP contribution in [-0.2, 0) is 6.42 Å². The Labute approximate surface area is 165 Å². The molecule has 1 fully saturated rings. The zero-order valence-electron chi connectivity index (χ0n) is 16.2. The molecule has 2 atom stereocenters. The van der Waals surface area contributed by atoms with Crippen molar-refractivity contribution in [2.75, 3.05) is 13.1 Å². The Balaban J connectivity index is 1.26. The lowest BCUT2D eigenvalue weighted by Crippen LogP contribution is -2.40. The fourth-order valence-electron chi connectivity index (χ4n) is 6.19. The van der Waals surface area contributed by atoms with E-state index < -0.39 is 0 Å². The summed E-state index contributed by atoms with van der Waals surface area (Å²) in [7, 11) is 0. The second-order valence-corrected chi connectivity index (χ2v) is 8.83. The van der Waals surface area contributed by atoms with Crippen molar-refractivity contribution in [3.05, 3.63) is 69.6 Å². The number of benzene rings is 2. The molecular weight excluding hydrogens is 346 g/mol. The number of aromatic amines is 1. The number of H-pyrrole nitrogens is 1. The van der Waals surface area contributed by atoms with Crippen molar-refractivity contribution in [1.29, 1.82) is 0 Å². The zero-order valence-corrected chi connectivity index (χ0v) is 16.2. The third kappa shape index (κ3) is 2.44. The van der Waals surface area contributed by atoms with Crippen molar-refractivity contribution in [2.45, 2.75) is 56.5 Å². The summed E-state index contributed by atoms with van der Waals surface area (Å²) in [5, 5.41) is 0. The Morgan fingerprint density at radius 2 is 1.75 bits per heavy atom. The Morgan fingerprint density at radius 3 is 2.64 bits per heavy atom. The van der Waals surface area contributed by atoms with E-state index in [2.05, 4.69) is 34.1 Å². The highest BCUT2D eigenvalue weighted by Gasteiger charge is 2.36. The van der Waals surface area contributed by atoms with Crippen molar-refractivity contribution in [3.63, 3.8) is 0 Å². The third-order valence-electron chi connectivity index (χ3n) is 7.48. The maximum atomic E-state index is 12.6. The molecule has 2 unspecified atom stereocenters. The lowest BCUT2D eigenvalue weighted by molar-refractivity contribution is 0.120. The Morgan fingerprint density at radius 1 is 0.893 bits per heavy atom. The van der Waals surface area contributed by atoms with Crippen LogP contribution in [-0.4, -0.2) is 27.5 Å². The quantitative estimate of drug-likeness (QED) is 0.717. The van der Waals surface area contributed by atoms with Crippen LogP contribution in [0.4, 0.5) is 0 Å². The van der Waals surface area contributed by atoms with E-state index >= 15 is 0 Å². The Kier molecular flexibility index (Phi) is 3.76. The van der Waals surface area contributed by atoms with Gasteiger partial charge in [0.05, 0.1) is 11.0 Å². The van der Waals surface area contributed by atoms with Crippen LogP contribution in [0.1, 0.15) is 66.8 Å². The van der Waals surface area contributed by atoms with Gasteiger partial charge >= 0.3 is 5.69 Å². The number of hydrogen-bond acceptors (Lipinski definition) is 2. The fourth-order valence-corrected chi connectivity index (χ4v) is 6.19. The van der Waals surface area contributed by atoms with Gasteiger partial charge in [-0.05, 0) is 73.3 Å². The second-order valence-electron chi connectivity index (χ2n) is 8.83. The van der Waals surface area contributed by atoms with Crippen LogP contribution >= 0.6 is 0 Å². The van der Waals surface area contributed by atoms with Gasteiger partial charge in [0.2, 0.25) is 0 Å². The number of nitrogens with zero attached hydrogens (tertiary/aromatic N) is 2. The summed E-state index contributed by atoms with van der Waals surface area (Å²) in [5.74, 6) is 0.810. The largest absolute Gasteiger partial charge is 0.326 e. The van der Waals surface area contributed by atoms with E-state index in [1.165, 1.54) is 25.7 Å². The average Bonchev–Trinajstić information content (AvgIpc) is 3.30. The van der Waals surface area contributed by atoms with Gasteiger partial charge in [-0.3, -0.25) is 9.47 Å². The molecule has 1 N–H and O–H groups in total. The van der Waals surface area contributed by atoms with E-state index in [4.69, 9.17) is 0 Å². The van der Waals surface area contributed by atoms with Crippen molar-refractivity contribution >= 4 is 11.0 Å². The molecule has 6 rings (SSSR count). The number of hydrogen-bond donors (Lipinski definition) is 1. The molecule has 4 heteroatoms. The lowest BCUT2D eigenvalue weighted by atomic mass is 9.80. The van der Waals surface area contributed by atoms with Crippen LogP contribution in [0, 0.1) is 0 Å². The molecule has 2 aromatic carbocycles. The van der Waals surface area contributed by atoms with Gasteiger partial charge in [-0.15, -0.1) is 0 Å². The topological polar surface area (TPSA) is 41.0 Å². The zero-order chi connectivity index (χ0) is 18.7. The molecule has 0 radical (unpaired) electrons. The molecule has 3 aliphatic rings. The van der Waals surface area contributed by atoms with E-state index in [1.54, 1.807) is 16.7 Å². The van der Waals surface area contributed by atoms with E-state index in [9.17, 15) is 4.79 Å². The number of aryl methyl sites for hydroxylation is 1. The second kappa shape index (κ2) is 6.35.